The van der Waals surface area contributed by atoms with Crippen LogP contribution in [0.2, 0.25) is 0 Å². The van der Waals surface area contributed by atoms with E-state index in [4.69, 9.17) is 9.15 Å². The van der Waals surface area contributed by atoms with E-state index < -0.39 is 5.97 Å². The first-order valence-electron chi connectivity index (χ1n) is 3.65. The van der Waals surface area contributed by atoms with E-state index in [0.717, 1.165) is 0 Å². The van der Waals surface area contributed by atoms with Crippen molar-refractivity contribution in [1.29, 1.82) is 0 Å². The summed E-state index contributed by atoms with van der Waals surface area (Å²) in [5, 5.41) is 2.41. The van der Waals surface area contributed by atoms with E-state index in [9.17, 15) is 4.79 Å². The second-order valence-corrected chi connectivity index (χ2v) is 3.21. The van der Waals surface area contributed by atoms with Gasteiger partial charge in [-0.25, -0.2) is 4.79 Å². The molecule has 13 heavy (non-hydrogen) atoms. The number of carbonyl (C=O) groups is 1. The number of ether oxygens (including phenoxy) is 1. The summed E-state index contributed by atoms with van der Waals surface area (Å²) >= 11 is 1.36. The Balaban J connectivity index is 2.08. The molecule has 0 unspecified atom stereocenters. The Morgan fingerprint density at radius 1 is 1.38 bits per heavy atom. The van der Waals surface area contributed by atoms with Gasteiger partial charge in [0.1, 0.15) is 0 Å². The van der Waals surface area contributed by atoms with E-state index in [0.29, 0.717) is 5.06 Å². The number of furan rings is 1. The van der Waals surface area contributed by atoms with Gasteiger partial charge in [0.2, 0.25) is 5.76 Å². The minimum Gasteiger partial charge on any atom is -0.457 e. The third-order valence-electron chi connectivity index (χ3n) is 1.41. The van der Waals surface area contributed by atoms with Crippen molar-refractivity contribution in [2.24, 2.45) is 0 Å². The van der Waals surface area contributed by atoms with Crippen LogP contribution in [0.5, 0.6) is 5.06 Å². The van der Waals surface area contributed by atoms with Crippen LogP contribution in [0, 0.1) is 0 Å². The van der Waals surface area contributed by atoms with Crippen molar-refractivity contribution < 1.29 is 13.9 Å². The first-order chi connectivity index (χ1) is 6.36. The molecule has 0 aliphatic carbocycles. The summed E-state index contributed by atoms with van der Waals surface area (Å²) in [6, 6.07) is 6.75. The Labute approximate surface area is 78.6 Å². The molecular weight excluding hydrogens is 188 g/mol. The minimum absolute atomic E-state index is 0.216. The van der Waals surface area contributed by atoms with Crippen molar-refractivity contribution in [2.75, 3.05) is 0 Å². The van der Waals surface area contributed by atoms with Crippen molar-refractivity contribution in [3.63, 3.8) is 0 Å². The predicted molar refractivity (Wildman–Crippen MR) is 48.0 cm³/mol. The third-order valence-corrected chi connectivity index (χ3v) is 2.16. The topological polar surface area (TPSA) is 39.4 Å². The van der Waals surface area contributed by atoms with Gasteiger partial charge in [-0.05, 0) is 29.6 Å². The summed E-state index contributed by atoms with van der Waals surface area (Å²) in [7, 11) is 0. The lowest BCUT2D eigenvalue weighted by Crippen LogP contribution is -2.05. The van der Waals surface area contributed by atoms with Gasteiger partial charge >= 0.3 is 5.97 Å². The molecule has 2 aromatic heterocycles. The largest absolute Gasteiger partial charge is 0.457 e. The number of carbonyl (C=O) groups excluding carboxylic acids is 1. The Hall–Kier alpha value is -1.55. The normalized spacial score (nSPS) is 9.85. The number of hydrogen-bond acceptors (Lipinski definition) is 4. The van der Waals surface area contributed by atoms with Gasteiger partial charge in [-0.1, -0.05) is 0 Å². The molecule has 0 saturated carbocycles. The fourth-order valence-electron chi connectivity index (χ4n) is 0.858. The van der Waals surface area contributed by atoms with Crippen LogP contribution in [0.4, 0.5) is 0 Å². The molecule has 2 rings (SSSR count). The Morgan fingerprint density at radius 2 is 2.31 bits per heavy atom. The van der Waals surface area contributed by atoms with Crippen LogP contribution in [0.15, 0.2) is 40.3 Å². The van der Waals surface area contributed by atoms with Crippen LogP contribution in [0.1, 0.15) is 10.6 Å². The highest BCUT2D eigenvalue weighted by atomic mass is 32.1. The van der Waals surface area contributed by atoms with E-state index in [2.05, 4.69) is 0 Å². The van der Waals surface area contributed by atoms with Gasteiger partial charge in [-0.2, -0.15) is 0 Å². The summed E-state index contributed by atoms with van der Waals surface area (Å²) in [4.78, 5) is 11.3. The molecule has 0 radical (unpaired) electrons. The average Bonchev–Trinajstić information content (AvgIpc) is 2.74. The standard InChI is InChI=1S/C9H6O3S/c10-9(7-3-1-5-11-7)12-8-4-2-6-13-8/h1-6H. The average molecular weight is 194 g/mol. The van der Waals surface area contributed by atoms with Crippen LogP contribution >= 0.6 is 11.3 Å². The fraction of sp³-hybridized carbons (Fsp3) is 0. The van der Waals surface area contributed by atoms with Gasteiger partial charge in [-0.15, -0.1) is 11.3 Å². The quantitative estimate of drug-likeness (QED) is 0.690. The molecule has 3 nitrogen and oxygen atoms in total. The van der Waals surface area contributed by atoms with E-state index in [1.54, 1.807) is 18.2 Å². The minimum atomic E-state index is -0.465. The number of rotatable bonds is 2. The van der Waals surface area contributed by atoms with Gasteiger partial charge in [0.05, 0.1) is 6.26 Å². The van der Waals surface area contributed by atoms with Crippen LogP contribution in [-0.2, 0) is 0 Å². The van der Waals surface area contributed by atoms with Crippen LogP contribution in [0.25, 0.3) is 0 Å². The van der Waals surface area contributed by atoms with Crippen LogP contribution < -0.4 is 4.74 Å². The molecule has 2 heterocycles. The number of esters is 1. The number of thiophene rings is 1. The molecule has 0 atom stereocenters. The Bertz CT molecular complexity index is 375. The van der Waals surface area contributed by atoms with Crippen LogP contribution in [-0.4, -0.2) is 5.97 Å². The fourth-order valence-corrected chi connectivity index (χ4v) is 1.43. The number of hydrogen-bond donors (Lipinski definition) is 0. The van der Waals surface area contributed by atoms with Gasteiger partial charge in [-0.3, -0.25) is 0 Å². The highest BCUT2D eigenvalue weighted by Gasteiger charge is 2.10. The Morgan fingerprint density at radius 3 is 2.92 bits per heavy atom. The van der Waals surface area contributed by atoms with Crippen molar-refractivity contribution in [1.82, 2.24) is 0 Å². The molecular formula is C9H6O3S. The Kier molecular flexibility index (Phi) is 2.14. The summed E-state index contributed by atoms with van der Waals surface area (Å²) in [6.07, 6.45) is 1.44. The van der Waals surface area contributed by atoms with E-state index >= 15 is 0 Å². The van der Waals surface area contributed by atoms with Crippen molar-refractivity contribution in [2.45, 2.75) is 0 Å². The van der Waals surface area contributed by atoms with E-state index in [1.165, 1.54) is 17.6 Å². The second kappa shape index (κ2) is 3.45. The van der Waals surface area contributed by atoms with Crippen molar-refractivity contribution in [3.8, 4) is 5.06 Å². The zero-order chi connectivity index (χ0) is 9.10. The SMILES string of the molecule is O=C(Oc1cccs1)c1ccco1. The molecule has 0 bridgehead atoms. The molecule has 0 N–H and O–H groups in total. The van der Waals surface area contributed by atoms with E-state index in [-0.39, 0.29) is 5.76 Å². The second-order valence-electron chi connectivity index (χ2n) is 2.30. The van der Waals surface area contributed by atoms with Crippen molar-refractivity contribution >= 4 is 17.3 Å². The summed E-state index contributed by atoms with van der Waals surface area (Å²) < 4.78 is 9.86. The monoisotopic (exact) mass is 194 g/mol. The molecule has 0 amide bonds. The maximum absolute atomic E-state index is 11.3. The summed E-state index contributed by atoms with van der Waals surface area (Å²) in [5.41, 5.74) is 0. The molecule has 0 aliphatic heterocycles. The summed E-state index contributed by atoms with van der Waals surface area (Å²) in [5.74, 6) is -0.249. The lowest BCUT2D eigenvalue weighted by atomic mass is 10.5. The van der Waals surface area contributed by atoms with Gasteiger partial charge in [0.15, 0.2) is 5.06 Å². The molecule has 0 aliphatic rings. The molecule has 66 valence electrons. The smallest absolute Gasteiger partial charge is 0.380 e. The van der Waals surface area contributed by atoms with Crippen LogP contribution in [0.3, 0.4) is 0 Å². The first kappa shape index (κ1) is 8.07. The summed E-state index contributed by atoms with van der Waals surface area (Å²) in [6.45, 7) is 0. The molecule has 2 aromatic rings. The maximum atomic E-state index is 11.3. The van der Waals surface area contributed by atoms with Gasteiger partial charge in [0.25, 0.3) is 0 Å². The lowest BCUT2D eigenvalue weighted by Gasteiger charge is -1.96. The molecule has 0 aromatic carbocycles. The molecule has 0 saturated heterocycles. The highest BCUT2D eigenvalue weighted by molar-refractivity contribution is 7.11. The zero-order valence-corrected chi connectivity index (χ0v) is 7.41. The predicted octanol–water partition coefficient (Wildman–Crippen LogP) is 2.56. The third kappa shape index (κ3) is 1.78. The van der Waals surface area contributed by atoms with Gasteiger partial charge < -0.3 is 9.15 Å². The first-order valence-corrected chi connectivity index (χ1v) is 4.53. The highest BCUT2D eigenvalue weighted by Crippen LogP contribution is 2.19. The molecule has 0 spiro atoms. The maximum Gasteiger partial charge on any atom is 0.380 e. The lowest BCUT2D eigenvalue weighted by molar-refractivity contribution is 0.0707. The van der Waals surface area contributed by atoms with Gasteiger partial charge in [0, 0.05) is 0 Å². The van der Waals surface area contributed by atoms with Crippen molar-refractivity contribution in [3.05, 3.63) is 41.7 Å². The molecule has 4 heteroatoms. The van der Waals surface area contributed by atoms with E-state index in [1.807, 2.05) is 11.4 Å². The zero-order valence-electron chi connectivity index (χ0n) is 6.60. The molecule has 0 fully saturated rings.